The average Bonchev–Trinajstić information content (AvgIpc) is 2.92. The molecule has 0 spiro atoms. The maximum absolute atomic E-state index is 11.8. The van der Waals surface area contributed by atoms with Crippen molar-refractivity contribution in [2.24, 2.45) is 0 Å². The van der Waals surface area contributed by atoms with Crippen LogP contribution in [0, 0.1) is 0 Å². The highest BCUT2D eigenvalue weighted by molar-refractivity contribution is 5.76. The number of hydrogen-bond acceptors (Lipinski definition) is 2. The lowest BCUT2D eigenvalue weighted by atomic mass is 10.1. The van der Waals surface area contributed by atoms with Crippen molar-refractivity contribution in [1.29, 1.82) is 0 Å². The minimum Gasteiger partial charge on any atom is -0.353 e. The molecule has 3 heteroatoms. The second kappa shape index (κ2) is 7.29. The second-order valence-corrected chi connectivity index (χ2v) is 5.39. The highest BCUT2D eigenvalue weighted by atomic mass is 16.1. The summed E-state index contributed by atoms with van der Waals surface area (Å²) in [5, 5.41) is 6.51. The minimum atomic E-state index is 0.180. The van der Waals surface area contributed by atoms with E-state index < -0.39 is 0 Å². The minimum absolute atomic E-state index is 0.180. The summed E-state index contributed by atoms with van der Waals surface area (Å²) in [6.45, 7) is 2.86. The molecule has 0 aliphatic heterocycles. The first-order valence-corrected chi connectivity index (χ1v) is 7.33. The first-order valence-electron chi connectivity index (χ1n) is 7.33. The summed E-state index contributed by atoms with van der Waals surface area (Å²) in [6.07, 6.45) is 5.38. The molecule has 1 unspecified atom stereocenters. The Hall–Kier alpha value is -1.35. The molecule has 1 atom stereocenters. The highest BCUT2D eigenvalue weighted by Crippen LogP contribution is 2.17. The monoisotopic (exact) mass is 260 g/mol. The lowest BCUT2D eigenvalue weighted by Crippen LogP contribution is -2.34. The Morgan fingerprint density at radius 2 is 1.95 bits per heavy atom. The van der Waals surface area contributed by atoms with Gasteiger partial charge in [-0.25, -0.2) is 0 Å². The van der Waals surface area contributed by atoms with Crippen molar-refractivity contribution in [3.63, 3.8) is 0 Å². The number of amides is 1. The van der Waals surface area contributed by atoms with E-state index in [1.165, 1.54) is 18.4 Å². The predicted octanol–water partition coefficient (Wildman–Crippen LogP) is 2.79. The van der Waals surface area contributed by atoms with Crippen molar-refractivity contribution in [1.82, 2.24) is 10.6 Å². The first kappa shape index (κ1) is 14.1. The number of carbonyl (C=O) groups excluding carboxylic acids is 1. The first-order chi connectivity index (χ1) is 9.25. The summed E-state index contributed by atoms with van der Waals surface area (Å²) in [6, 6.07) is 11.0. The van der Waals surface area contributed by atoms with Gasteiger partial charge in [-0.15, -0.1) is 0 Å². The molecule has 2 N–H and O–H groups in total. The van der Waals surface area contributed by atoms with Gasteiger partial charge in [0, 0.05) is 25.0 Å². The molecule has 1 aliphatic rings. The van der Waals surface area contributed by atoms with Crippen LogP contribution in [0.5, 0.6) is 0 Å². The highest BCUT2D eigenvalue weighted by Gasteiger charge is 2.16. The van der Waals surface area contributed by atoms with Crippen molar-refractivity contribution in [2.45, 2.75) is 51.1 Å². The molecule has 0 saturated heterocycles. The molecular formula is C16H24N2O. The van der Waals surface area contributed by atoms with E-state index in [9.17, 15) is 4.79 Å². The summed E-state index contributed by atoms with van der Waals surface area (Å²) in [4.78, 5) is 11.8. The molecule has 1 aromatic carbocycles. The van der Waals surface area contributed by atoms with E-state index in [1.54, 1.807) is 0 Å². The third-order valence-corrected chi connectivity index (χ3v) is 3.82. The topological polar surface area (TPSA) is 41.1 Å². The molecule has 1 aromatic rings. The predicted molar refractivity (Wildman–Crippen MR) is 77.9 cm³/mol. The maximum atomic E-state index is 11.8. The lowest BCUT2D eigenvalue weighted by Gasteiger charge is -2.15. The fourth-order valence-electron chi connectivity index (χ4n) is 2.63. The molecule has 3 nitrogen and oxygen atoms in total. The summed E-state index contributed by atoms with van der Waals surface area (Å²) in [5.41, 5.74) is 1.26. The van der Waals surface area contributed by atoms with Crippen LogP contribution in [-0.4, -0.2) is 18.5 Å². The quantitative estimate of drug-likeness (QED) is 0.826. The van der Waals surface area contributed by atoms with Gasteiger partial charge in [-0.3, -0.25) is 4.79 Å². The molecule has 1 fully saturated rings. The Morgan fingerprint density at radius 3 is 2.63 bits per heavy atom. The normalized spacial score (nSPS) is 17.3. The zero-order chi connectivity index (χ0) is 13.5. The molecule has 1 amide bonds. The van der Waals surface area contributed by atoms with Crippen LogP contribution in [0.3, 0.4) is 0 Å². The van der Waals surface area contributed by atoms with Gasteiger partial charge in [-0.05, 0) is 25.3 Å². The molecule has 0 heterocycles. The largest absolute Gasteiger partial charge is 0.353 e. The van der Waals surface area contributed by atoms with Crippen LogP contribution in [0.4, 0.5) is 0 Å². The standard InChI is InChI=1S/C16H24N2O/c1-13(14-7-3-2-4-8-14)17-12-11-16(19)18-15-9-5-6-10-15/h2-4,7-8,13,15,17H,5-6,9-12H2,1H3,(H,18,19). The maximum Gasteiger partial charge on any atom is 0.221 e. The van der Waals surface area contributed by atoms with E-state index >= 15 is 0 Å². The van der Waals surface area contributed by atoms with Gasteiger partial charge in [-0.1, -0.05) is 43.2 Å². The number of carbonyl (C=O) groups is 1. The van der Waals surface area contributed by atoms with Gasteiger partial charge >= 0.3 is 0 Å². The van der Waals surface area contributed by atoms with Gasteiger partial charge in [0.05, 0.1) is 0 Å². The van der Waals surface area contributed by atoms with Crippen molar-refractivity contribution in [2.75, 3.05) is 6.54 Å². The van der Waals surface area contributed by atoms with Crippen molar-refractivity contribution < 1.29 is 4.79 Å². The fraction of sp³-hybridized carbons (Fsp3) is 0.562. The third kappa shape index (κ3) is 4.67. The van der Waals surface area contributed by atoms with Crippen LogP contribution >= 0.6 is 0 Å². The molecular weight excluding hydrogens is 236 g/mol. The smallest absolute Gasteiger partial charge is 0.221 e. The Balaban J connectivity index is 1.64. The SMILES string of the molecule is CC(NCCC(=O)NC1CCCC1)c1ccccc1. The van der Waals surface area contributed by atoms with Crippen molar-refractivity contribution in [3.05, 3.63) is 35.9 Å². The van der Waals surface area contributed by atoms with Gasteiger partial charge in [-0.2, -0.15) is 0 Å². The van der Waals surface area contributed by atoms with Gasteiger partial charge in [0.25, 0.3) is 0 Å². The number of nitrogens with one attached hydrogen (secondary N) is 2. The van der Waals surface area contributed by atoms with E-state index in [2.05, 4.69) is 29.7 Å². The molecule has 1 aliphatic carbocycles. The lowest BCUT2D eigenvalue weighted by molar-refractivity contribution is -0.121. The van der Waals surface area contributed by atoms with E-state index in [0.717, 1.165) is 19.4 Å². The number of benzene rings is 1. The Morgan fingerprint density at radius 1 is 1.26 bits per heavy atom. The Labute approximate surface area is 115 Å². The molecule has 0 radical (unpaired) electrons. The zero-order valence-electron chi connectivity index (χ0n) is 11.7. The fourth-order valence-corrected chi connectivity index (χ4v) is 2.63. The van der Waals surface area contributed by atoms with E-state index in [0.29, 0.717) is 18.5 Å². The van der Waals surface area contributed by atoms with Gasteiger partial charge in [0.15, 0.2) is 0 Å². The summed E-state index contributed by atoms with van der Waals surface area (Å²) < 4.78 is 0. The molecule has 0 aromatic heterocycles. The van der Waals surface area contributed by atoms with Crippen LogP contribution in [0.25, 0.3) is 0 Å². The third-order valence-electron chi connectivity index (χ3n) is 3.82. The van der Waals surface area contributed by atoms with Crippen LogP contribution in [0.2, 0.25) is 0 Å². The molecule has 0 bridgehead atoms. The van der Waals surface area contributed by atoms with Crippen LogP contribution in [0.1, 0.15) is 50.6 Å². The molecule has 19 heavy (non-hydrogen) atoms. The second-order valence-electron chi connectivity index (χ2n) is 5.39. The van der Waals surface area contributed by atoms with Gasteiger partial charge < -0.3 is 10.6 Å². The molecule has 2 rings (SSSR count). The van der Waals surface area contributed by atoms with Gasteiger partial charge in [0.1, 0.15) is 0 Å². The molecule has 104 valence electrons. The van der Waals surface area contributed by atoms with Crippen molar-refractivity contribution in [3.8, 4) is 0 Å². The van der Waals surface area contributed by atoms with Crippen molar-refractivity contribution >= 4 is 5.91 Å². The summed E-state index contributed by atoms with van der Waals surface area (Å²) in [5.74, 6) is 0.180. The van der Waals surface area contributed by atoms with Crippen LogP contribution in [0.15, 0.2) is 30.3 Å². The van der Waals surface area contributed by atoms with E-state index in [-0.39, 0.29) is 5.91 Å². The summed E-state index contributed by atoms with van der Waals surface area (Å²) in [7, 11) is 0. The Kier molecular flexibility index (Phi) is 5.40. The summed E-state index contributed by atoms with van der Waals surface area (Å²) >= 11 is 0. The number of rotatable bonds is 6. The number of hydrogen-bond donors (Lipinski definition) is 2. The van der Waals surface area contributed by atoms with E-state index in [1.807, 2.05) is 18.2 Å². The zero-order valence-corrected chi connectivity index (χ0v) is 11.7. The Bertz CT molecular complexity index is 385. The molecule has 1 saturated carbocycles. The van der Waals surface area contributed by atoms with Crippen LogP contribution in [-0.2, 0) is 4.79 Å². The average molecular weight is 260 g/mol. The van der Waals surface area contributed by atoms with Crippen LogP contribution < -0.4 is 10.6 Å². The van der Waals surface area contributed by atoms with E-state index in [4.69, 9.17) is 0 Å². The van der Waals surface area contributed by atoms with Gasteiger partial charge in [0.2, 0.25) is 5.91 Å².